The number of rotatable bonds is 6. The van der Waals surface area contributed by atoms with E-state index in [9.17, 15) is 13.2 Å². The summed E-state index contributed by atoms with van der Waals surface area (Å²) in [5.41, 5.74) is -0.172. The summed E-state index contributed by atoms with van der Waals surface area (Å²) in [4.78, 5) is 0. The highest BCUT2D eigenvalue weighted by molar-refractivity contribution is 4.81. The number of hydrogen-bond donors (Lipinski definition) is 2. The van der Waals surface area contributed by atoms with Gasteiger partial charge < -0.3 is 10.6 Å². The number of alkyl halides is 3. The molecule has 0 saturated heterocycles. The second kappa shape index (κ2) is 5.70. The Morgan fingerprint density at radius 3 is 2.13 bits per heavy atom. The van der Waals surface area contributed by atoms with Crippen LogP contribution >= 0.6 is 0 Å². The Hall–Kier alpha value is -0.290. The predicted octanol–water partition coefficient (Wildman–Crippen LogP) is 2.30. The molecule has 1 atom stereocenters. The van der Waals surface area contributed by atoms with Crippen LogP contribution in [0.5, 0.6) is 0 Å². The molecule has 2 nitrogen and oxygen atoms in total. The Labute approximate surface area is 89.6 Å². The van der Waals surface area contributed by atoms with Crippen molar-refractivity contribution in [2.45, 2.75) is 51.9 Å². The van der Waals surface area contributed by atoms with Gasteiger partial charge in [0, 0.05) is 18.1 Å². The topological polar surface area (TPSA) is 24.1 Å². The molecule has 0 aliphatic carbocycles. The first kappa shape index (κ1) is 14.7. The highest BCUT2D eigenvalue weighted by atomic mass is 19.4. The molecule has 1 unspecified atom stereocenters. The summed E-state index contributed by atoms with van der Waals surface area (Å²) in [6.45, 7) is 8.78. The molecule has 0 fully saturated rings. The molecule has 0 saturated carbocycles. The van der Waals surface area contributed by atoms with Crippen molar-refractivity contribution < 1.29 is 13.2 Å². The van der Waals surface area contributed by atoms with Gasteiger partial charge in [-0.2, -0.15) is 13.2 Å². The van der Waals surface area contributed by atoms with Crippen LogP contribution in [0.25, 0.3) is 0 Å². The van der Waals surface area contributed by atoms with Gasteiger partial charge in [0.1, 0.15) is 0 Å². The van der Waals surface area contributed by atoms with Crippen molar-refractivity contribution in [3.63, 3.8) is 0 Å². The Bertz CT molecular complexity index is 178. The first-order valence-corrected chi connectivity index (χ1v) is 5.21. The third-order valence-electron chi connectivity index (χ3n) is 2.09. The summed E-state index contributed by atoms with van der Waals surface area (Å²) in [6, 6.07) is -0.539. The molecule has 0 spiro atoms. The van der Waals surface area contributed by atoms with Crippen LogP contribution in [0.4, 0.5) is 13.2 Å². The lowest BCUT2D eigenvalue weighted by atomic mass is 10.1. The molecule has 5 heteroatoms. The number of nitrogens with one attached hydrogen (secondary N) is 2. The zero-order valence-corrected chi connectivity index (χ0v) is 9.83. The fourth-order valence-corrected chi connectivity index (χ4v) is 1.39. The minimum atomic E-state index is -4.09. The summed E-state index contributed by atoms with van der Waals surface area (Å²) in [6.07, 6.45) is -4.87. The highest BCUT2D eigenvalue weighted by Gasteiger charge is 2.30. The van der Waals surface area contributed by atoms with E-state index in [0.29, 0.717) is 6.54 Å². The van der Waals surface area contributed by atoms with Crippen LogP contribution in [0.2, 0.25) is 0 Å². The molecule has 0 rings (SSSR count). The fourth-order valence-electron chi connectivity index (χ4n) is 1.39. The van der Waals surface area contributed by atoms with Gasteiger partial charge in [-0.3, -0.25) is 0 Å². The lowest BCUT2D eigenvalue weighted by Crippen LogP contribution is -2.49. The van der Waals surface area contributed by atoms with Gasteiger partial charge in [-0.1, -0.05) is 6.92 Å². The molecular weight excluding hydrogens is 205 g/mol. The van der Waals surface area contributed by atoms with Gasteiger partial charge >= 0.3 is 6.18 Å². The van der Waals surface area contributed by atoms with Crippen molar-refractivity contribution in [3.05, 3.63) is 0 Å². The molecule has 0 aromatic carbocycles. The van der Waals surface area contributed by atoms with E-state index in [0.717, 1.165) is 6.54 Å². The summed E-state index contributed by atoms with van der Waals surface area (Å²) in [5, 5.41) is 6.08. The molecule has 0 radical (unpaired) electrons. The maximum Gasteiger partial charge on any atom is 0.390 e. The standard InChI is InChI=1S/C10H21F3N2/c1-5-15-9(3,4)7-14-8(2)6-10(11,12)13/h8,14-15H,5-7H2,1-4H3. The third kappa shape index (κ3) is 8.69. The molecule has 0 amide bonds. The minimum Gasteiger partial charge on any atom is -0.312 e. The quantitative estimate of drug-likeness (QED) is 0.726. The third-order valence-corrected chi connectivity index (χ3v) is 2.09. The van der Waals surface area contributed by atoms with Crippen molar-refractivity contribution in [2.75, 3.05) is 13.1 Å². The first-order valence-electron chi connectivity index (χ1n) is 5.21. The molecule has 0 heterocycles. The second-order valence-electron chi connectivity index (χ2n) is 4.52. The summed E-state index contributed by atoms with van der Waals surface area (Å²) in [5.74, 6) is 0. The molecule has 15 heavy (non-hydrogen) atoms. The molecule has 0 bridgehead atoms. The molecule has 2 N–H and O–H groups in total. The van der Waals surface area contributed by atoms with Crippen molar-refractivity contribution >= 4 is 0 Å². The average Bonchev–Trinajstić information content (AvgIpc) is 1.98. The normalized spacial score (nSPS) is 15.4. The number of halogens is 3. The number of likely N-dealkylation sites (N-methyl/N-ethyl adjacent to an activating group) is 1. The molecule has 0 aromatic heterocycles. The van der Waals surface area contributed by atoms with E-state index in [2.05, 4.69) is 10.6 Å². The average molecular weight is 226 g/mol. The summed E-state index contributed by atoms with van der Waals surface area (Å²) >= 11 is 0. The van der Waals surface area contributed by atoms with E-state index in [1.807, 2.05) is 20.8 Å². The Morgan fingerprint density at radius 1 is 1.20 bits per heavy atom. The van der Waals surface area contributed by atoms with E-state index in [-0.39, 0.29) is 5.54 Å². The van der Waals surface area contributed by atoms with Crippen LogP contribution in [0.1, 0.15) is 34.1 Å². The maximum atomic E-state index is 12.0. The van der Waals surface area contributed by atoms with Crippen LogP contribution in [0.3, 0.4) is 0 Å². The van der Waals surface area contributed by atoms with Gasteiger partial charge in [-0.05, 0) is 27.3 Å². The van der Waals surface area contributed by atoms with Crippen LogP contribution in [-0.2, 0) is 0 Å². The van der Waals surface area contributed by atoms with Crippen LogP contribution in [0.15, 0.2) is 0 Å². The van der Waals surface area contributed by atoms with Crippen LogP contribution < -0.4 is 10.6 Å². The van der Waals surface area contributed by atoms with Crippen molar-refractivity contribution in [2.24, 2.45) is 0 Å². The number of hydrogen-bond acceptors (Lipinski definition) is 2. The largest absolute Gasteiger partial charge is 0.390 e. The SMILES string of the molecule is CCNC(C)(C)CNC(C)CC(F)(F)F. The van der Waals surface area contributed by atoms with Gasteiger partial charge in [-0.15, -0.1) is 0 Å². The van der Waals surface area contributed by atoms with Gasteiger partial charge in [0.05, 0.1) is 6.42 Å². The van der Waals surface area contributed by atoms with E-state index < -0.39 is 18.6 Å². The van der Waals surface area contributed by atoms with Crippen LogP contribution in [0, 0.1) is 0 Å². The molecule has 0 aliphatic heterocycles. The van der Waals surface area contributed by atoms with Gasteiger partial charge in [0.2, 0.25) is 0 Å². The summed E-state index contributed by atoms with van der Waals surface area (Å²) < 4.78 is 36.1. The minimum absolute atomic E-state index is 0.172. The molecule has 0 aliphatic rings. The molecular formula is C10H21F3N2. The lowest BCUT2D eigenvalue weighted by molar-refractivity contribution is -0.139. The zero-order valence-electron chi connectivity index (χ0n) is 9.83. The monoisotopic (exact) mass is 226 g/mol. The highest BCUT2D eigenvalue weighted by Crippen LogP contribution is 2.21. The van der Waals surface area contributed by atoms with Gasteiger partial charge in [0.15, 0.2) is 0 Å². The van der Waals surface area contributed by atoms with E-state index in [1.165, 1.54) is 0 Å². The summed E-state index contributed by atoms with van der Waals surface area (Å²) in [7, 11) is 0. The lowest BCUT2D eigenvalue weighted by Gasteiger charge is -2.28. The smallest absolute Gasteiger partial charge is 0.312 e. The van der Waals surface area contributed by atoms with Crippen molar-refractivity contribution in [1.82, 2.24) is 10.6 Å². The fraction of sp³-hybridized carbons (Fsp3) is 1.00. The Kier molecular flexibility index (Phi) is 5.59. The van der Waals surface area contributed by atoms with E-state index >= 15 is 0 Å². The van der Waals surface area contributed by atoms with Gasteiger partial charge in [0.25, 0.3) is 0 Å². The van der Waals surface area contributed by atoms with E-state index in [1.54, 1.807) is 6.92 Å². The first-order chi connectivity index (χ1) is 6.66. The van der Waals surface area contributed by atoms with Gasteiger partial charge in [-0.25, -0.2) is 0 Å². The predicted molar refractivity (Wildman–Crippen MR) is 55.9 cm³/mol. The zero-order chi connectivity index (χ0) is 12.1. The Balaban J connectivity index is 3.84. The Morgan fingerprint density at radius 2 is 1.73 bits per heavy atom. The van der Waals surface area contributed by atoms with Crippen molar-refractivity contribution in [1.29, 1.82) is 0 Å². The van der Waals surface area contributed by atoms with Crippen molar-refractivity contribution in [3.8, 4) is 0 Å². The maximum absolute atomic E-state index is 12.0. The molecule has 92 valence electrons. The molecule has 0 aromatic rings. The van der Waals surface area contributed by atoms with E-state index in [4.69, 9.17) is 0 Å². The second-order valence-corrected chi connectivity index (χ2v) is 4.52. The van der Waals surface area contributed by atoms with Crippen LogP contribution in [-0.4, -0.2) is 30.8 Å².